The van der Waals surface area contributed by atoms with Crippen molar-refractivity contribution in [2.24, 2.45) is 0 Å². The Kier molecular flexibility index (Phi) is 7.29. The average Bonchev–Trinajstić information content (AvgIpc) is 2.04. The molecule has 0 aromatic heterocycles. The lowest BCUT2D eigenvalue weighted by molar-refractivity contribution is -0.141. The molecule has 4 heteroatoms. The molecule has 0 amide bonds. The maximum absolute atomic E-state index is 10.8. The van der Waals surface area contributed by atoms with Gasteiger partial charge in [-0.05, 0) is 13.2 Å². The van der Waals surface area contributed by atoms with Gasteiger partial charge in [0.1, 0.15) is 0 Å². The summed E-state index contributed by atoms with van der Waals surface area (Å²) >= 11 is 1.47. The van der Waals surface area contributed by atoms with Crippen LogP contribution in [-0.4, -0.2) is 37.8 Å². The molecule has 3 nitrogen and oxygen atoms in total. The monoisotopic (exact) mass is 192 g/mol. The second kappa shape index (κ2) is 7.43. The Labute approximate surface area is 77.8 Å². The Morgan fingerprint density at radius 1 is 1.58 bits per heavy atom. The van der Waals surface area contributed by atoms with E-state index in [0.717, 1.165) is 6.42 Å². The Balaban J connectivity index is 3.24. The number of ether oxygens (including phenoxy) is 2. The number of methoxy groups -OCH3 is 1. The van der Waals surface area contributed by atoms with E-state index in [0.29, 0.717) is 12.4 Å². The first-order valence-corrected chi connectivity index (χ1v) is 5.27. The van der Waals surface area contributed by atoms with Gasteiger partial charge in [0.05, 0.1) is 18.5 Å². The summed E-state index contributed by atoms with van der Waals surface area (Å²) in [6.45, 7) is 2.40. The van der Waals surface area contributed by atoms with Gasteiger partial charge in [0, 0.05) is 13.5 Å². The Morgan fingerprint density at radius 3 is 2.75 bits per heavy atom. The number of carbonyl (C=O) groups excluding carboxylic acids is 1. The first kappa shape index (κ1) is 11.8. The van der Waals surface area contributed by atoms with Gasteiger partial charge in [0.15, 0.2) is 0 Å². The van der Waals surface area contributed by atoms with E-state index in [9.17, 15) is 4.79 Å². The molecule has 0 aliphatic heterocycles. The van der Waals surface area contributed by atoms with E-state index < -0.39 is 0 Å². The van der Waals surface area contributed by atoms with Gasteiger partial charge in [-0.2, -0.15) is 11.8 Å². The second-order valence-electron chi connectivity index (χ2n) is 2.49. The predicted octanol–water partition coefficient (Wildman–Crippen LogP) is 1.32. The van der Waals surface area contributed by atoms with Crippen LogP contribution in [-0.2, 0) is 14.3 Å². The van der Waals surface area contributed by atoms with E-state index in [1.165, 1.54) is 11.8 Å². The fourth-order valence-corrected chi connectivity index (χ4v) is 0.935. The molecule has 0 fully saturated rings. The smallest absolute Gasteiger partial charge is 0.315 e. The zero-order valence-electron chi connectivity index (χ0n) is 7.83. The van der Waals surface area contributed by atoms with Gasteiger partial charge < -0.3 is 9.47 Å². The Hall–Kier alpha value is -0.220. The molecule has 0 bridgehead atoms. The van der Waals surface area contributed by atoms with Gasteiger partial charge in [0.2, 0.25) is 0 Å². The van der Waals surface area contributed by atoms with Gasteiger partial charge >= 0.3 is 5.97 Å². The molecule has 1 unspecified atom stereocenters. The maximum Gasteiger partial charge on any atom is 0.315 e. The lowest BCUT2D eigenvalue weighted by Gasteiger charge is -2.08. The highest BCUT2D eigenvalue weighted by atomic mass is 32.2. The van der Waals surface area contributed by atoms with Crippen molar-refractivity contribution < 1.29 is 14.3 Å². The lowest BCUT2D eigenvalue weighted by Crippen LogP contribution is -2.13. The molecule has 0 spiro atoms. The van der Waals surface area contributed by atoms with E-state index >= 15 is 0 Å². The largest absolute Gasteiger partial charge is 0.465 e. The van der Waals surface area contributed by atoms with Crippen LogP contribution >= 0.6 is 11.8 Å². The third-order valence-electron chi connectivity index (χ3n) is 1.45. The van der Waals surface area contributed by atoms with Crippen molar-refractivity contribution in [1.29, 1.82) is 0 Å². The summed E-state index contributed by atoms with van der Waals surface area (Å²) in [4.78, 5) is 10.8. The Bertz CT molecular complexity index is 127. The summed E-state index contributed by atoms with van der Waals surface area (Å²) in [5.41, 5.74) is 0. The van der Waals surface area contributed by atoms with Crippen molar-refractivity contribution in [2.75, 3.05) is 25.7 Å². The predicted molar refractivity (Wildman–Crippen MR) is 50.4 cm³/mol. The SMILES string of the molecule is COC(C)CCOC(=O)CSC. The van der Waals surface area contributed by atoms with E-state index in [2.05, 4.69) is 0 Å². The standard InChI is InChI=1S/C8H16O3S/c1-7(10-2)4-5-11-8(9)6-12-3/h7H,4-6H2,1-3H3. The van der Waals surface area contributed by atoms with Crippen molar-refractivity contribution in [2.45, 2.75) is 19.4 Å². The van der Waals surface area contributed by atoms with Crippen LogP contribution in [0, 0.1) is 0 Å². The van der Waals surface area contributed by atoms with Crippen molar-refractivity contribution in [3.8, 4) is 0 Å². The van der Waals surface area contributed by atoms with Crippen molar-refractivity contribution in [1.82, 2.24) is 0 Å². The molecule has 72 valence electrons. The molecule has 0 rings (SSSR count). The van der Waals surface area contributed by atoms with Crippen LogP contribution in [0.3, 0.4) is 0 Å². The van der Waals surface area contributed by atoms with Crippen LogP contribution in [0.5, 0.6) is 0 Å². The zero-order valence-corrected chi connectivity index (χ0v) is 8.65. The third kappa shape index (κ3) is 6.49. The first-order valence-electron chi connectivity index (χ1n) is 3.88. The number of esters is 1. The van der Waals surface area contributed by atoms with Crippen LogP contribution in [0.15, 0.2) is 0 Å². The van der Waals surface area contributed by atoms with Gasteiger partial charge in [-0.3, -0.25) is 4.79 Å². The van der Waals surface area contributed by atoms with Crippen molar-refractivity contribution in [3.05, 3.63) is 0 Å². The molecule has 0 saturated heterocycles. The highest BCUT2D eigenvalue weighted by molar-refractivity contribution is 7.99. The van der Waals surface area contributed by atoms with E-state index in [4.69, 9.17) is 9.47 Å². The molecular formula is C8H16O3S. The van der Waals surface area contributed by atoms with Gasteiger partial charge in [0.25, 0.3) is 0 Å². The molecule has 0 aromatic carbocycles. The summed E-state index contributed by atoms with van der Waals surface area (Å²) in [7, 11) is 1.65. The van der Waals surface area contributed by atoms with Crippen molar-refractivity contribution >= 4 is 17.7 Å². The molecule has 1 atom stereocenters. The number of rotatable bonds is 6. The summed E-state index contributed by atoms with van der Waals surface area (Å²) in [6.07, 6.45) is 2.79. The fraction of sp³-hybridized carbons (Fsp3) is 0.875. The number of carbonyl (C=O) groups is 1. The highest BCUT2D eigenvalue weighted by Crippen LogP contribution is 1.98. The normalized spacial score (nSPS) is 12.6. The van der Waals surface area contributed by atoms with Crippen LogP contribution < -0.4 is 0 Å². The summed E-state index contributed by atoms with van der Waals surface area (Å²) < 4.78 is 9.91. The number of hydrogen-bond donors (Lipinski definition) is 0. The first-order chi connectivity index (χ1) is 5.70. The minimum Gasteiger partial charge on any atom is -0.465 e. The number of thioether (sulfide) groups is 1. The third-order valence-corrected chi connectivity index (χ3v) is 1.98. The van der Waals surface area contributed by atoms with Gasteiger partial charge in [-0.25, -0.2) is 0 Å². The summed E-state index contributed by atoms with van der Waals surface area (Å²) in [5.74, 6) is 0.285. The topological polar surface area (TPSA) is 35.5 Å². The van der Waals surface area contributed by atoms with Gasteiger partial charge in [-0.15, -0.1) is 0 Å². The summed E-state index contributed by atoms with van der Waals surface area (Å²) in [6, 6.07) is 0. The lowest BCUT2D eigenvalue weighted by atomic mass is 10.3. The maximum atomic E-state index is 10.8. The average molecular weight is 192 g/mol. The molecule has 0 heterocycles. The highest BCUT2D eigenvalue weighted by Gasteiger charge is 2.03. The minimum atomic E-state index is -0.147. The van der Waals surface area contributed by atoms with Crippen LogP contribution in [0.2, 0.25) is 0 Å². The van der Waals surface area contributed by atoms with E-state index in [1.54, 1.807) is 7.11 Å². The summed E-state index contributed by atoms with van der Waals surface area (Å²) in [5, 5.41) is 0. The molecule has 0 aliphatic rings. The molecule has 0 saturated carbocycles. The minimum absolute atomic E-state index is 0.147. The van der Waals surface area contributed by atoms with E-state index in [-0.39, 0.29) is 12.1 Å². The molecule has 0 aromatic rings. The quantitative estimate of drug-likeness (QED) is 0.595. The zero-order chi connectivity index (χ0) is 9.40. The Morgan fingerprint density at radius 2 is 2.25 bits per heavy atom. The van der Waals surface area contributed by atoms with Crippen LogP contribution in [0.1, 0.15) is 13.3 Å². The van der Waals surface area contributed by atoms with E-state index in [1.807, 2.05) is 13.2 Å². The second-order valence-corrected chi connectivity index (χ2v) is 3.35. The molecule has 0 radical (unpaired) electrons. The number of hydrogen-bond acceptors (Lipinski definition) is 4. The van der Waals surface area contributed by atoms with Crippen molar-refractivity contribution in [3.63, 3.8) is 0 Å². The molecule has 12 heavy (non-hydrogen) atoms. The van der Waals surface area contributed by atoms with Crippen LogP contribution in [0.4, 0.5) is 0 Å². The fourth-order valence-electron chi connectivity index (χ4n) is 0.616. The molecular weight excluding hydrogens is 176 g/mol. The molecule has 0 N–H and O–H groups in total. The van der Waals surface area contributed by atoms with Crippen LogP contribution in [0.25, 0.3) is 0 Å². The molecule has 0 aliphatic carbocycles. The van der Waals surface area contributed by atoms with Gasteiger partial charge in [-0.1, -0.05) is 0 Å².